The summed E-state index contributed by atoms with van der Waals surface area (Å²) in [5.74, 6) is 0.568. The van der Waals surface area contributed by atoms with E-state index in [1.54, 1.807) is 49.6 Å². The molecule has 0 aliphatic carbocycles. The number of rotatable bonds is 6. The van der Waals surface area contributed by atoms with Gasteiger partial charge in [-0.2, -0.15) is 0 Å². The molecular formula is C27H25ClN2O4. The highest BCUT2D eigenvalue weighted by Gasteiger charge is 2.42. The first-order chi connectivity index (χ1) is 16.4. The van der Waals surface area contributed by atoms with E-state index in [-0.39, 0.29) is 18.4 Å². The third-order valence-electron chi connectivity index (χ3n) is 5.73. The average molecular weight is 477 g/mol. The molecule has 4 rings (SSSR count). The summed E-state index contributed by atoms with van der Waals surface area (Å²) in [4.78, 5) is 30.5. The highest BCUT2D eigenvalue weighted by molar-refractivity contribution is 6.30. The number of benzene rings is 3. The Bertz CT molecular complexity index is 1230. The van der Waals surface area contributed by atoms with E-state index in [1.165, 1.54) is 16.9 Å². The van der Waals surface area contributed by atoms with Crippen LogP contribution in [-0.2, 0) is 9.59 Å². The second kappa shape index (κ2) is 10.0. The Morgan fingerprint density at radius 1 is 0.971 bits per heavy atom. The van der Waals surface area contributed by atoms with Crippen molar-refractivity contribution in [3.8, 4) is 11.5 Å². The predicted molar refractivity (Wildman–Crippen MR) is 135 cm³/mol. The number of carbonyl (C=O) groups excluding carboxylic acids is 2. The monoisotopic (exact) mass is 476 g/mol. The molecule has 7 heteroatoms. The van der Waals surface area contributed by atoms with Gasteiger partial charge in [0.1, 0.15) is 24.1 Å². The normalized spacial score (nSPS) is 16.6. The molecule has 1 unspecified atom stereocenters. The first kappa shape index (κ1) is 23.4. The molecule has 1 atom stereocenters. The third-order valence-corrected chi connectivity index (χ3v) is 5.98. The summed E-state index contributed by atoms with van der Waals surface area (Å²) in [5, 5.41) is 0.551. The molecule has 0 spiro atoms. The number of methoxy groups -OCH3 is 2. The van der Waals surface area contributed by atoms with Gasteiger partial charge in [-0.1, -0.05) is 48.0 Å². The summed E-state index contributed by atoms with van der Waals surface area (Å²) in [6.07, 6.45) is 1.92. The van der Waals surface area contributed by atoms with E-state index in [0.717, 1.165) is 11.1 Å². The van der Waals surface area contributed by atoms with Crippen molar-refractivity contribution < 1.29 is 19.1 Å². The molecular weight excluding hydrogens is 452 g/mol. The van der Waals surface area contributed by atoms with Gasteiger partial charge in [-0.25, -0.2) is 0 Å². The number of carbonyl (C=O) groups is 2. The molecule has 0 N–H and O–H groups in total. The van der Waals surface area contributed by atoms with Crippen LogP contribution in [-0.4, -0.2) is 38.6 Å². The van der Waals surface area contributed by atoms with Crippen molar-refractivity contribution in [3.63, 3.8) is 0 Å². The largest absolute Gasteiger partial charge is 0.497 e. The second-order valence-corrected chi connectivity index (χ2v) is 8.34. The van der Waals surface area contributed by atoms with Crippen LogP contribution in [0.15, 0.2) is 78.4 Å². The number of anilines is 2. The Hall–Kier alpha value is -3.77. The second-order valence-electron chi connectivity index (χ2n) is 7.90. The highest BCUT2D eigenvalue weighted by Crippen LogP contribution is 2.36. The highest BCUT2D eigenvalue weighted by atomic mass is 35.5. The summed E-state index contributed by atoms with van der Waals surface area (Å²) >= 11 is 6.07. The van der Waals surface area contributed by atoms with Crippen LogP contribution >= 0.6 is 11.6 Å². The molecule has 0 radical (unpaired) electrons. The number of amides is 2. The molecule has 0 aromatic heterocycles. The van der Waals surface area contributed by atoms with Crippen molar-refractivity contribution in [2.24, 2.45) is 0 Å². The van der Waals surface area contributed by atoms with Crippen LogP contribution in [0.1, 0.15) is 12.5 Å². The standard InChI is InChI=1S/C27H25ClN2O4/c1-18(15-19-7-5-4-6-8-19)26-27(32)29(23-16-22(33-2)13-14-24(23)34-3)17-25(31)30(26)21-11-9-20(28)10-12-21/h4-16,26H,17H2,1-3H3. The topological polar surface area (TPSA) is 59.1 Å². The molecule has 174 valence electrons. The summed E-state index contributed by atoms with van der Waals surface area (Å²) < 4.78 is 10.8. The maximum absolute atomic E-state index is 14.0. The summed E-state index contributed by atoms with van der Waals surface area (Å²) in [6, 6.07) is 20.9. The van der Waals surface area contributed by atoms with Gasteiger partial charge in [0, 0.05) is 16.8 Å². The number of halogens is 1. The molecule has 1 fully saturated rings. The first-order valence-corrected chi connectivity index (χ1v) is 11.1. The van der Waals surface area contributed by atoms with Crippen LogP contribution in [0.25, 0.3) is 6.08 Å². The number of nitrogens with zero attached hydrogens (tertiary/aromatic N) is 2. The summed E-state index contributed by atoms with van der Waals surface area (Å²) in [6.45, 7) is 1.72. The van der Waals surface area contributed by atoms with Crippen LogP contribution in [0, 0.1) is 0 Å². The summed E-state index contributed by atoms with van der Waals surface area (Å²) in [7, 11) is 3.08. The maximum atomic E-state index is 14.0. The molecule has 1 aliphatic rings. The van der Waals surface area contributed by atoms with Crippen LogP contribution in [0.4, 0.5) is 11.4 Å². The lowest BCUT2D eigenvalue weighted by atomic mass is 9.98. The molecule has 34 heavy (non-hydrogen) atoms. The van der Waals surface area contributed by atoms with Gasteiger partial charge in [0.25, 0.3) is 5.91 Å². The molecule has 0 bridgehead atoms. The Morgan fingerprint density at radius 2 is 1.68 bits per heavy atom. The van der Waals surface area contributed by atoms with E-state index in [2.05, 4.69) is 0 Å². The van der Waals surface area contributed by atoms with E-state index in [9.17, 15) is 9.59 Å². The fourth-order valence-corrected chi connectivity index (χ4v) is 4.21. The molecule has 3 aromatic rings. The van der Waals surface area contributed by atoms with E-state index in [1.807, 2.05) is 43.3 Å². The lowest BCUT2D eigenvalue weighted by Crippen LogP contribution is -2.61. The van der Waals surface area contributed by atoms with E-state index >= 15 is 0 Å². The maximum Gasteiger partial charge on any atom is 0.255 e. The molecule has 0 saturated carbocycles. The molecule has 3 aromatic carbocycles. The Morgan fingerprint density at radius 3 is 2.32 bits per heavy atom. The zero-order chi connectivity index (χ0) is 24.2. The first-order valence-electron chi connectivity index (χ1n) is 10.8. The van der Waals surface area contributed by atoms with Crippen LogP contribution in [0.5, 0.6) is 11.5 Å². The van der Waals surface area contributed by atoms with Crippen molar-refractivity contribution in [2.45, 2.75) is 13.0 Å². The van der Waals surface area contributed by atoms with Crippen LogP contribution in [0.3, 0.4) is 0 Å². The fraction of sp³-hybridized carbons (Fsp3) is 0.185. The van der Waals surface area contributed by atoms with Gasteiger partial charge in [-0.05, 0) is 54.5 Å². The third kappa shape index (κ3) is 4.63. The van der Waals surface area contributed by atoms with Gasteiger partial charge >= 0.3 is 0 Å². The van der Waals surface area contributed by atoms with Crippen molar-refractivity contribution in [1.82, 2.24) is 0 Å². The predicted octanol–water partition coefficient (Wildman–Crippen LogP) is 5.21. The van der Waals surface area contributed by atoms with Gasteiger partial charge in [0.05, 0.1) is 19.9 Å². The zero-order valence-corrected chi connectivity index (χ0v) is 20.0. The van der Waals surface area contributed by atoms with E-state index in [4.69, 9.17) is 21.1 Å². The zero-order valence-electron chi connectivity index (χ0n) is 19.2. The van der Waals surface area contributed by atoms with Crippen molar-refractivity contribution >= 4 is 40.9 Å². The van der Waals surface area contributed by atoms with Gasteiger partial charge in [-0.3, -0.25) is 19.4 Å². The van der Waals surface area contributed by atoms with Gasteiger partial charge in [0.2, 0.25) is 5.91 Å². The fourth-order valence-electron chi connectivity index (χ4n) is 4.09. The van der Waals surface area contributed by atoms with Crippen molar-refractivity contribution in [1.29, 1.82) is 0 Å². The molecule has 2 amide bonds. The summed E-state index contributed by atoms with van der Waals surface area (Å²) in [5.41, 5.74) is 2.75. The van der Waals surface area contributed by atoms with E-state index in [0.29, 0.717) is 27.9 Å². The van der Waals surface area contributed by atoms with Gasteiger partial charge in [0.15, 0.2) is 0 Å². The van der Waals surface area contributed by atoms with Crippen LogP contribution < -0.4 is 19.3 Å². The number of piperazine rings is 1. The number of ether oxygens (including phenoxy) is 2. The Labute approximate surface area is 204 Å². The van der Waals surface area contributed by atoms with Crippen molar-refractivity contribution in [2.75, 3.05) is 30.6 Å². The minimum absolute atomic E-state index is 0.139. The minimum atomic E-state index is -0.849. The van der Waals surface area contributed by atoms with Gasteiger partial charge in [-0.15, -0.1) is 0 Å². The quantitative estimate of drug-likeness (QED) is 0.490. The lowest BCUT2D eigenvalue weighted by Gasteiger charge is -2.41. The molecule has 1 aliphatic heterocycles. The average Bonchev–Trinajstić information content (AvgIpc) is 2.85. The Balaban J connectivity index is 1.83. The van der Waals surface area contributed by atoms with Crippen molar-refractivity contribution in [3.05, 3.63) is 89.0 Å². The molecule has 1 saturated heterocycles. The minimum Gasteiger partial charge on any atom is -0.497 e. The molecule has 1 heterocycles. The smallest absolute Gasteiger partial charge is 0.255 e. The van der Waals surface area contributed by atoms with Gasteiger partial charge < -0.3 is 9.47 Å². The Kier molecular flexibility index (Phi) is 6.89. The molecule has 6 nitrogen and oxygen atoms in total. The lowest BCUT2D eigenvalue weighted by molar-refractivity contribution is -0.127. The SMILES string of the molecule is COc1ccc(OC)c(N2CC(=O)N(c3ccc(Cl)cc3)C(C(C)=Cc3ccccc3)C2=O)c1. The number of hydrogen-bond acceptors (Lipinski definition) is 4. The van der Waals surface area contributed by atoms with Crippen LogP contribution in [0.2, 0.25) is 5.02 Å². The van der Waals surface area contributed by atoms with E-state index < -0.39 is 6.04 Å². The number of hydrogen-bond donors (Lipinski definition) is 0.